The predicted octanol–water partition coefficient (Wildman–Crippen LogP) is 0.960. The van der Waals surface area contributed by atoms with Crippen LogP contribution >= 0.6 is 0 Å². The molecule has 1 fully saturated rings. The average molecular weight is 249 g/mol. The van der Waals surface area contributed by atoms with Gasteiger partial charge >= 0.3 is 0 Å². The van der Waals surface area contributed by atoms with Crippen LogP contribution in [0.5, 0.6) is 0 Å². The molecular weight excluding hydrogens is 230 g/mol. The monoisotopic (exact) mass is 249 g/mol. The van der Waals surface area contributed by atoms with E-state index < -0.39 is 0 Å². The first-order valence-electron chi connectivity index (χ1n) is 6.61. The molecule has 3 rings (SSSR count). The largest absolute Gasteiger partial charge is 0.381 e. The Hall–Kier alpha value is -1.36. The molecule has 98 valence electrons. The Morgan fingerprint density at radius 3 is 3.22 bits per heavy atom. The van der Waals surface area contributed by atoms with Crippen molar-refractivity contribution in [3.05, 3.63) is 17.5 Å². The van der Waals surface area contributed by atoms with E-state index in [0.29, 0.717) is 18.9 Å². The molecule has 0 N–H and O–H groups in total. The van der Waals surface area contributed by atoms with Gasteiger partial charge in [-0.15, -0.1) is 0 Å². The third-order valence-electron chi connectivity index (χ3n) is 3.76. The second-order valence-corrected chi connectivity index (χ2v) is 5.25. The van der Waals surface area contributed by atoms with E-state index in [1.165, 1.54) is 0 Å². The van der Waals surface area contributed by atoms with Gasteiger partial charge in [0.1, 0.15) is 0 Å². The van der Waals surface area contributed by atoms with E-state index in [9.17, 15) is 4.79 Å². The van der Waals surface area contributed by atoms with Crippen LogP contribution in [0.1, 0.15) is 24.2 Å². The maximum absolute atomic E-state index is 12.2. The highest BCUT2D eigenvalue weighted by molar-refractivity contribution is 5.76. The van der Waals surface area contributed by atoms with Crippen LogP contribution in [0.3, 0.4) is 0 Å². The number of aryl methyl sites for hydroxylation is 1. The van der Waals surface area contributed by atoms with Crippen molar-refractivity contribution in [3.63, 3.8) is 0 Å². The van der Waals surface area contributed by atoms with Gasteiger partial charge in [0.2, 0.25) is 5.91 Å². The van der Waals surface area contributed by atoms with Crippen molar-refractivity contribution in [2.75, 3.05) is 19.8 Å². The van der Waals surface area contributed by atoms with Crippen LogP contribution in [-0.2, 0) is 22.6 Å². The van der Waals surface area contributed by atoms with Crippen molar-refractivity contribution in [3.8, 4) is 0 Å². The Morgan fingerprint density at radius 2 is 2.44 bits per heavy atom. The molecule has 1 saturated heterocycles. The van der Waals surface area contributed by atoms with Gasteiger partial charge < -0.3 is 9.64 Å². The molecule has 1 unspecified atom stereocenters. The van der Waals surface area contributed by atoms with Crippen LogP contribution in [0.2, 0.25) is 0 Å². The number of hydrogen-bond acceptors (Lipinski definition) is 3. The summed E-state index contributed by atoms with van der Waals surface area (Å²) in [5.74, 6) is 0.682. The average Bonchev–Trinajstić information content (AvgIpc) is 2.95. The number of ether oxygens (including phenoxy) is 1. The maximum atomic E-state index is 12.2. The van der Waals surface area contributed by atoms with Crippen LogP contribution in [0.25, 0.3) is 0 Å². The number of amides is 1. The molecule has 0 bridgehead atoms. The number of hydrogen-bond donors (Lipinski definition) is 0. The van der Waals surface area contributed by atoms with E-state index in [0.717, 1.165) is 44.1 Å². The lowest BCUT2D eigenvalue weighted by Crippen LogP contribution is -2.39. The van der Waals surface area contributed by atoms with Crippen LogP contribution in [0, 0.1) is 12.8 Å². The summed E-state index contributed by atoms with van der Waals surface area (Å²) in [6.45, 7) is 5.84. The topological polar surface area (TPSA) is 47.4 Å². The molecule has 0 aromatic carbocycles. The molecule has 1 aromatic heterocycles. The zero-order valence-electron chi connectivity index (χ0n) is 10.8. The Labute approximate surface area is 107 Å². The number of rotatable bonds is 2. The number of carbonyl (C=O) groups excluding carboxylic acids is 1. The van der Waals surface area contributed by atoms with Crippen molar-refractivity contribution >= 4 is 5.91 Å². The van der Waals surface area contributed by atoms with E-state index in [4.69, 9.17) is 4.74 Å². The van der Waals surface area contributed by atoms with E-state index in [-0.39, 0.29) is 5.91 Å². The molecule has 1 atom stereocenters. The molecule has 5 nitrogen and oxygen atoms in total. The van der Waals surface area contributed by atoms with Crippen molar-refractivity contribution in [1.29, 1.82) is 0 Å². The first kappa shape index (κ1) is 11.7. The lowest BCUT2D eigenvalue weighted by molar-refractivity contribution is -0.133. The first-order valence-corrected chi connectivity index (χ1v) is 6.61. The lowest BCUT2D eigenvalue weighted by Gasteiger charge is -2.28. The van der Waals surface area contributed by atoms with Gasteiger partial charge in [-0.3, -0.25) is 9.48 Å². The van der Waals surface area contributed by atoms with Gasteiger partial charge in [-0.05, 0) is 25.3 Å². The first-order chi connectivity index (χ1) is 8.72. The zero-order chi connectivity index (χ0) is 12.5. The molecule has 0 radical (unpaired) electrons. The number of fused-ring (bicyclic) bond motifs is 1. The summed E-state index contributed by atoms with van der Waals surface area (Å²) >= 11 is 0. The predicted molar refractivity (Wildman–Crippen MR) is 65.9 cm³/mol. The molecular formula is C13H19N3O2. The summed E-state index contributed by atoms with van der Waals surface area (Å²) in [5, 5.41) is 4.41. The minimum Gasteiger partial charge on any atom is -0.381 e. The highest BCUT2D eigenvalue weighted by atomic mass is 16.5. The van der Waals surface area contributed by atoms with E-state index >= 15 is 0 Å². The molecule has 1 aromatic rings. The third kappa shape index (κ3) is 2.27. The van der Waals surface area contributed by atoms with E-state index in [1.54, 1.807) is 0 Å². The van der Waals surface area contributed by atoms with Crippen LogP contribution < -0.4 is 0 Å². The van der Waals surface area contributed by atoms with Crippen LogP contribution in [0.4, 0.5) is 0 Å². The van der Waals surface area contributed by atoms with Gasteiger partial charge in [0.05, 0.1) is 24.5 Å². The van der Waals surface area contributed by atoms with Gasteiger partial charge in [-0.25, -0.2) is 0 Å². The number of nitrogens with zero attached hydrogens (tertiary/aromatic N) is 3. The fourth-order valence-electron chi connectivity index (χ4n) is 2.74. The van der Waals surface area contributed by atoms with Gasteiger partial charge in [0.25, 0.3) is 0 Å². The number of carbonyl (C=O) groups is 1. The third-order valence-corrected chi connectivity index (χ3v) is 3.76. The summed E-state index contributed by atoms with van der Waals surface area (Å²) in [6.07, 6.45) is 1.66. The lowest BCUT2D eigenvalue weighted by atomic mass is 10.0. The molecule has 2 aliphatic heterocycles. The summed E-state index contributed by atoms with van der Waals surface area (Å²) in [5.41, 5.74) is 2.18. The van der Waals surface area contributed by atoms with Crippen LogP contribution in [0.15, 0.2) is 6.07 Å². The van der Waals surface area contributed by atoms with Gasteiger partial charge in [-0.1, -0.05) is 0 Å². The quantitative estimate of drug-likeness (QED) is 0.784. The van der Waals surface area contributed by atoms with Crippen LogP contribution in [-0.4, -0.2) is 40.3 Å². The maximum Gasteiger partial charge on any atom is 0.223 e. The summed E-state index contributed by atoms with van der Waals surface area (Å²) < 4.78 is 7.33. The Balaban J connectivity index is 1.62. The molecule has 0 saturated carbocycles. The normalized spacial score (nSPS) is 23.2. The summed E-state index contributed by atoms with van der Waals surface area (Å²) in [7, 11) is 0. The molecule has 2 aliphatic rings. The standard InChI is InChI=1S/C13H19N3O2/c1-10-6-12-8-15(3-4-16(12)14-10)13(17)7-11-2-5-18-9-11/h6,11H,2-5,7-9H2,1H3. The summed E-state index contributed by atoms with van der Waals surface area (Å²) in [6, 6.07) is 2.07. The number of aromatic nitrogens is 2. The smallest absolute Gasteiger partial charge is 0.223 e. The molecule has 5 heteroatoms. The Morgan fingerprint density at radius 1 is 1.56 bits per heavy atom. The van der Waals surface area contributed by atoms with E-state index in [1.807, 2.05) is 16.5 Å². The Kier molecular flexibility index (Phi) is 3.07. The summed E-state index contributed by atoms with van der Waals surface area (Å²) in [4.78, 5) is 14.2. The van der Waals surface area contributed by atoms with Gasteiger partial charge in [0, 0.05) is 26.2 Å². The minimum atomic E-state index is 0.260. The fourth-order valence-corrected chi connectivity index (χ4v) is 2.74. The van der Waals surface area contributed by atoms with Crippen molar-refractivity contribution < 1.29 is 9.53 Å². The minimum absolute atomic E-state index is 0.260. The highest BCUT2D eigenvalue weighted by Crippen LogP contribution is 2.20. The Bertz CT molecular complexity index is 449. The zero-order valence-corrected chi connectivity index (χ0v) is 10.8. The molecule has 18 heavy (non-hydrogen) atoms. The SMILES string of the molecule is Cc1cc2n(n1)CCN(C(=O)CC1CCOC1)C2. The second kappa shape index (κ2) is 4.72. The molecule has 1 amide bonds. The molecule has 0 aliphatic carbocycles. The van der Waals surface area contributed by atoms with E-state index in [2.05, 4.69) is 11.2 Å². The van der Waals surface area contributed by atoms with Gasteiger partial charge in [0.15, 0.2) is 0 Å². The second-order valence-electron chi connectivity index (χ2n) is 5.25. The van der Waals surface area contributed by atoms with Crippen molar-refractivity contribution in [2.45, 2.75) is 32.9 Å². The van der Waals surface area contributed by atoms with Gasteiger partial charge in [-0.2, -0.15) is 5.10 Å². The molecule has 0 spiro atoms. The van der Waals surface area contributed by atoms with Crippen molar-refractivity contribution in [1.82, 2.24) is 14.7 Å². The fraction of sp³-hybridized carbons (Fsp3) is 0.692. The highest BCUT2D eigenvalue weighted by Gasteiger charge is 2.25. The van der Waals surface area contributed by atoms with Crippen molar-refractivity contribution in [2.24, 2.45) is 5.92 Å². The molecule has 3 heterocycles.